The predicted molar refractivity (Wildman–Crippen MR) is 82.6 cm³/mol. The first-order chi connectivity index (χ1) is 9.65. The van der Waals surface area contributed by atoms with E-state index in [1.165, 1.54) is 6.07 Å². The fraction of sp³-hybridized carbons (Fsp3) is 0.143. The molecule has 1 N–H and O–H groups in total. The number of anilines is 1. The summed E-state index contributed by atoms with van der Waals surface area (Å²) in [6.07, 6.45) is 0. The summed E-state index contributed by atoms with van der Waals surface area (Å²) < 4.78 is 22.6. The topological polar surface area (TPSA) is 37.8 Å². The Morgan fingerprint density at radius 2 is 2.10 bits per heavy atom. The van der Waals surface area contributed by atoms with Gasteiger partial charge >= 0.3 is 130 Å². The maximum absolute atomic E-state index is 13.3. The van der Waals surface area contributed by atoms with Gasteiger partial charge in [-0.3, -0.25) is 0 Å². The van der Waals surface area contributed by atoms with E-state index < -0.39 is 0 Å². The van der Waals surface area contributed by atoms with Gasteiger partial charge in [0.05, 0.1) is 0 Å². The Hall–Kier alpha value is -1.23. The van der Waals surface area contributed by atoms with Crippen LogP contribution in [-0.4, -0.2) is 22.9 Å². The van der Waals surface area contributed by atoms with Crippen molar-refractivity contribution >= 4 is 47.6 Å². The van der Waals surface area contributed by atoms with Crippen molar-refractivity contribution in [3.05, 3.63) is 52.3 Å². The van der Waals surface area contributed by atoms with Crippen LogP contribution in [0.2, 0.25) is 0 Å². The quantitative estimate of drug-likeness (QED) is 0.682. The van der Waals surface area contributed by atoms with E-state index in [1.807, 2.05) is 25.1 Å². The van der Waals surface area contributed by atoms with Crippen LogP contribution in [0.5, 0.6) is 0 Å². The van der Waals surface area contributed by atoms with Gasteiger partial charge in [0.1, 0.15) is 0 Å². The summed E-state index contributed by atoms with van der Waals surface area (Å²) in [4.78, 5) is 0. The number of benzene rings is 2. The molecule has 3 aromatic rings. The minimum absolute atomic E-state index is 0.0394. The Morgan fingerprint density at radius 3 is 2.90 bits per heavy atom. The van der Waals surface area contributed by atoms with Crippen LogP contribution in [0.25, 0.3) is 11.0 Å². The van der Waals surface area contributed by atoms with E-state index in [2.05, 4.69) is 29.2 Å². The van der Waals surface area contributed by atoms with E-state index in [0.29, 0.717) is 4.47 Å². The number of fused-ring (bicyclic) bond motifs is 1. The van der Waals surface area contributed by atoms with Gasteiger partial charge < -0.3 is 0 Å². The Balaban J connectivity index is 1.90. The predicted octanol–water partition coefficient (Wildman–Crippen LogP) is 3.76. The van der Waals surface area contributed by atoms with Crippen LogP contribution in [-0.2, 0) is 0 Å². The van der Waals surface area contributed by atoms with Crippen molar-refractivity contribution in [2.45, 2.75) is 13.0 Å². The molecule has 0 bridgehead atoms. The first-order valence-corrected chi connectivity index (χ1v) is 8.40. The van der Waals surface area contributed by atoms with Gasteiger partial charge in [-0.1, -0.05) is 0 Å². The summed E-state index contributed by atoms with van der Waals surface area (Å²) in [5.74, 6) is -0.252. The van der Waals surface area contributed by atoms with Crippen molar-refractivity contribution in [1.82, 2.24) is 7.96 Å². The number of aromatic nitrogens is 2. The number of hydrogen-bond donors (Lipinski definition) is 1. The second kappa shape index (κ2) is 5.64. The Kier molecular flexibility index (Phi) is 3.87. The van der Waals surface area contributed by atoms with Gasteiger partial charge in [-0.25, -0.2) is 0 Å². The third-order valence-electron chi connectivity index (χ3n) is 3.10. The Bertz CT molecular complexity index is 759. The van der Waals surface area contributed by atoms with Crippen LogP contribution >= 0.6 is 15.9 Å². The molecule has 0 aliphatic heterocycles. The van der Waals surface area contributed by atoms with E-state index in [1.54, 1.807) is 12.1 Å². The zero-order valence-electron chi connectivity index (χ0n) is 10.6. The molecule has 2 aromatic carbocycles. The number of hydrogen-bond acceptors (Lipinski definition) is 3. The zero-order chi connectivity index (χ0) is 14.1. The SMILES string of the molecule is CC(Nc1cccc2n[se]nc12)c1ccc(F)c(Br)c1. The van der Waals surface area contributed by atoms with Gasteiger partial charge in [-0.05, 0) is 0 Å². The summed E-state index contributed by atoms with van der Waals surface area (Å²) in [6, 6.07) is 11.0. The molecule has 0 radical (unpaired) electrons. The van der Waals surface area contributed by atoms with Crippen molar-refractivity contribution in [2.75, 3.05) is 5.32 Å². The minimum atomic E-state index is -0.252. The van der Waals surface area contributed by atoms with Crippen LogP contribution in [0.3, 0.4) is 0 Å². The van der Waals surface area contributed by atoms with Gasteiger partial charge in [-0.2, -0.15) is 0 Å². The van der Waals surface area contributed by atoms with Crippen molar-refractivity contribution in [2.24, 2.45) is 0 Å². The summed E-state index contributed by atoms with van der Waals surface area (Å²) >= 11 is 3.18. The van der Waals surface area contributed by atoms with Gasteiger partial charge in [0.25, 0.3) is 0 Å². The van der Waals surface area contributed by atoms with Crippen LogP contribution in [0, 0.1) is 5.82 Å². The average molecular weight is 399 g/mol. The monoisotopic (exact) mass is 399 g/mol. The first-order valence-electron chi connectivity index (χ1n) is 6.08. The van der Waals surface area contributed by atoms with Crippen molar-refractivity contribution in [1.29, 1.82) is 0 Å². The number of halogens is 2. The molecule has 3 nitrogen and oxygen atoms in total. The molecule has 0 spiro atoms. The summed E-state index contributed by atoms with van der Waals surface area (Å²) in [5.41, 5.74) is 3.86. The third kappa shape index (κ3) is 2.64. The molecule has 0 amide bonds. The molecule has 3 rings (SSSR count). The third-order valence-corrected chi connectivity index (χ3v) is 4.85. The van der Waals surface area contributed by atoms with E-state index in [0.717, 1.165) is 22.3 Å². The molecular weight excluding hydrogens is 388 g/mol. The molecule has 0 aliphatic rings. The molecule has 1 aromatic heterocycles. The average Bonchev–Trinajstić information content (AvgIpc) is 2.91. The number of nitrogens with one attached hydrogen (secondary N) is 1. The van der Waals surface area contributed by atoms with Crippen molar-refractivity contribution in [3.63, 3.8) is 0 Å². The fourth-order valence-corrected chi connectivity index (χ4v) is 3.57. The van der Waals surface area contributed by atoms with E-state index in [9.17, 15) is 4.39 Å². The Labute approximate surface area is 130 Å². The summed E-state index contributed by atoms with van der Waals surface area (Å²) in [6.45, 7) is 2.04. The maximum atomic E-state index is 13.3. The molecule has 1 atom stereocenters. The second-order valence-electron chi connectivity index (χ2n) is 4.48. The van der Waals surface area contributed by atoms with Crippen LogP contribution in [0.1, 0.15) is 18.5 Å². The molecule has 0 saturated carbocycles. The molecular formula is C14H11BrFN3Se. The normalized spacial score (nSPS) is 12.6. The molecule has 20 heavy (non-hydrogen) atoms. The number of rotatable bonds is 3. The van der Waals surface area contributed by atoms with E-state index in [-0.39, 0.29) is 26.8 Å². The van der Waals surface area contributed by atoms with Crippen LogP contribution in [0.4, 0.5) is 10.1 Å². The van der Waals surface area contributed by atoms with Crippen LogP contribution < -0.4 is 5.32 Å². The summed E-state index contributed by atoms with van der Waals surface area (Å²) in [7, 11) is 0. The van der Waals surface area contributed by atoms with Crippen molar-refractivity contribution in [3.8, 4) is 0 Å². The van der Waals surface area contributed by atoms with Gasteiger partial charge in [0.15, 0.2) is 0 Å². The molecule has 0 aliphatic carbocycles. The number of nitrogens with zero attached hydrogens (tertiary/aromatic N) is 2. The van der Waals surface area contributed by atoms with Crippen LogP contribution in [0.15, 0.2) is 40.9 Å². The molecule has 1 heterocycles. The molecule has 6 heteroatoms. The Morgan fingerprint density at radius 1 is 1.25 bits per heavy atom. The molecule has 0 saturated heterocycles. The first kappa shape index (κ1) is 13.7. The zero-order valence-corrected chi connectivity index (χ0v) is 13.9. The van der Waals surface area contributed by atoms with Crippen molar-refractivity contribution < 1.29 is 4.39 Å². The standard InChI is InChI=1S/C14H11BrFN3Se/c1-8(9-5-6-11(16)10(15)7-9)17-12-3-2-4-13-14(12)19-20-18-13/h2-8,17H,1H3. The molecule has 1 unspecified atom stereocenters. The van der Waals surface area contributed by atoms with Gasteiger partial charge in [0.2, 0.25) is 0 Å². The molecule has 0 fully saturated rings. The summed E-state index contributed by atoms with van der Waals surface area (Å²) in [5, 5.41) is 3.42. The van der Waals surface area contributed by atoms with Gasteiger partial charge in [-0.15, -0.1) is 0 Å². The molecule has 102 valence electrons. The van der Waals surface area contributed by atoms with E-state index in [4.69, 9.17) is 0 Å². The second-order valence-corrected chi connectivity index (χ2v) is 6.44. The van der Waals surface area contributed by atoms with Gasteiger partial charge in [0, 0.05) is 0 Å². The van der Waals surface area contributed by atoms with E-state index >= 15 is 0 Å². The fourth-order valence-electron chi connectivity index (χ4n) is 2.02.